The standard InChI is InChI=1S/C15H30N2O/c1-13(2,3)16-8-7-15(11-16)12-17(9-10-18-15)14(4,5)6/h7-12H2,1-6H3. The Morgan fingerprint density at radius 2 is 1.33 bits per heavy atom. The Hall–Kier alpha value is -0.120. The van der Waals surface area contributed by atoms with Crippen molar-refractivity contribution in [2.45, 2.75) is 64.6 Å². The van der Waals surface area contributed by atoms with E-state index in [4.69, 9.17) is 4.74 Å². The molecule has 3 heteroatoms. The van der Waals surface area contributed by atoms with Gasteiger partial charge in [-0.25, -0.2) is 0 Å². The molecule has 2 fully saturated rings. The van der Waals surface area contributed by atoms with Crippen LogP contribution >= 0.6 is 0 Å². The van der Waals surface area contributed by atoms with Crippen molar-refractivity contribution >= 4 is 0 Å². The molecule has 1 spiro atoms. The summed E-state index contributed by atoms with van der Waals surface area (Å²) in [7, 11) is 0. The van der Waals surface area contributed by atoms with Crippen LogP contribution in [0.3, 0.4) is 0 Å². The number of ether oxygens (including phenoxy) is 1. The van der Waals surface area contributed by atoms with Crippen LogP contribution in [0.15, 0.2) is 0 Å². The van der Waals surface area contributed by atoms with Crippen LogP contribution < -0.4 is 0 Å². The predicted octanol–water partition coefficient (Wildman–Crippen LogP) is 2.36. The van der Waals surface area contributed by atoms with Crippen LogP contribution in [0.4, 0.5) is 0 Å². The van der Waals surface area contributed by atoms with Crippen LogP contribution in [0.5, 0.6) is 0 Å². The lowest BCUT2D eigenvalue weighted by molar-refractivity contribution is -0.123. The molecule has 0 aliphatic carbocycles. The summed E-state index contributed by atoms with van der Waals surface area (Å²) in [5.74, 6) is 0. The fraction of sp³-hybridized carbons (Fsp3) is 1.00. The van der Waals surface area contributed by atoms with Gasteiger partial charge >= 0.3 is 0 Å². The van der Waals surface area contributed by atoms with E-state index in [-0.39, 0.29) is 16.7 Å². The maximum atomic E-state index is 6.19. The lowest BCUT2D eigenvalue weighted by atomic mass is 9.96. The number of morpholine rings is 1. The Morgan fingerprint density at radius 3 is 1.78 bits per heavy atom. The highest BCUT2D eigenvalue weighted by molar-refractivity contribution is 5.01. The minimum absolute atomic E-state index is 0.0822. The van der Waals surface area contributed by atoms with Crippen LogP contribution in [0, 0.1) is 0 Å². The van der Waals surface area contributed by atoms with Gasteiger partial charge < -0.3 is 4.74 Å². The minimum Gasteiger partial charge on any atom is -0.371 e. The van der Waals surface area contributed by atoms with Crippen LogP contribution in [0.25, 0.3) is 0 Å². The number of likely N-dealkylation sites (tertiary alicyclic amines) is 1. The first-order valence-electron chi connectivity index (χ1n) is 7.27. The Kier molecular flexibility index (Phi) is 3.54. The maximum Gasteiger partial charge on any atom is 0.0948 e. The third-order valence-electron chi connectivity index (χ3n) is 4.46. The summed E-state index contributed by atoms with van der Waals surface area (Å²) in [6.45, 7) is 19.1. The van der Waals surface area contributed by atoms with Gasteiger partial charge in [-0.2, -0.15) is 0 Å². The molecule has 0 aromatic rings. The van der Waals surface area contributed by atoms with Crippen molar-refractivity contribution in [1.82, 2.24) is 9.80 Å². The molecule has 3 nitrogen and oxygen atoms in total. The summed E-state index contributed by atoms with van der Waals surface area (Å²) in [5, 5.41) is 0. The second-order valence-corrected chi connectivity index (χ2v) is 7.97. The molecule has 0 radical (unpaired) electrons. The van der Waals surface area contributed by atoms with Gasteiger partial charge in [0.15, 0.2) is 0 Å². The number of hydrogen-bond donors (Lipinski definition) is 0. The van der Waals surface area contributed by atoms with Crippen LogP contribution in [0.2, 0.25) is 0 Å². The molecule has 0 N–H and O–H groups in total. The highest BCUT2D eigenvalue weighted by Crippen LogP contribution is 2.34. The summed E-state index contributed by atoms with van der Waals surface area (Å²) in [4.78, 5) is 5.15. The zero-order valence-corrected chi connectivity index (χ0v) is 13.0. The van der Waals surface area contributed by atoms with Crippen molar-refractivity contribution in [3.63, 3.8) is 0 Å². The number of nitrogens with zero attached hydrogens (tertiary/aromatic N) is 2. The van der Waals surface area contributed by atoms with Crippen LogP contribution in [0.1, 0.15) is 48.0 Å². The molecular weight excluding hydrogens is 224 g/mol. The van der Waals surface area contributed by atoms with Gasteiger partial charge in [-0.3, -0.25) is 9.80 Å². The molecule has 2 rings (SSSR count). The van der Waals surface area contributed by atoms with Crippen molar-refractivity contribution in [1.29, 1.82) is 0 Å². The molecule has 0 aromatic carbocycles. The van der Waals surface area contributed by atoms with Gasteiger partial charge in [-0.1, -0.05) is 0 Å². The van der Waals surface area contributed by atoms with E-state index >= 15 is 0 Å². The summed E-state index contributed by atoms with van der Waals surface area (Å²) in [6, 6.07) is 0. The highest BCUT2D eigenvalue weighted by Gasteiger charge is 2.46. The molecule has 2 heterocycles. The quantitative estimate of drug-likeness (QED) is 0.660. The van der Waals surface area contributed by atoms with Crippen LogP contribution in [-0.4, -0.2) is 59.3 Å². The molecule has 106 valence electrons. The van der Waals surface area contributed by atoms with E-state index < -0.39 is 0 Å². The Bertz CT molecular complexity index is 303. The van der Waals surface area contributed by atoms with E-state index in [1.54, 1.807) is 0 Å². The highest BCUT2D eigenvalue weighted by atomic mass is 16.5. The second-order valence-electron chi connectivity index (χ2n) is 7.97. The lowest BCUT2D eigenvalue weighted by Crippen LogP contribution is -2.59. The third-order valence-corrected chi connectivity index (χ3v) is 4.46. The molecular formula is C15H30N2O. The first-order valence-corrected chi connectivity index (χ1v) is 7.27. The zero-order valence-electron chi connectivity index (χ0n) is 13.0. The van der Waals surface area contributed by atoms with Gasteiger partial charge in [-0.15, -0.1) is 0 Å². The average Bonchev–Trinajstić information content (AvgIpc) is 2.60. The Morgan fingerprint density at radius 1 is 0.833 bits per heavy atom. The van der Waals surface area contributed by atoms with Gasteiger partial charge in [-0.05, 0) is 48.0 Å². The summed E-state index contributed by atoms with van der Waals surface area (Å²) < 4.78 is 6.19. The van der Waals surface area contributed by atoms with Crippen molar-refractivity contribution < 1.29 is 4.74 Å². The lowest BCUT2D eigenvalue weighted by Gasteiger charge is -2.47. The molecule has 1 atom stereocenters. The normalized spacial score (nSPS) is 32.3. The summed E-state index contributed by atoms with van der Waals surface area (Å²) in [5.41, 5.74) is 0.599. The van der Waals surface area contributed by atoms with Crippen molar-refractivity contribution in [2.24, 2.45) is 0 Å². The zero-order chi connectivity index (χ0) is 13.6. The van der Waals surface area contributed by atoms with Crippen molar-refractivity contribution in [3.05, 3.63) is 0 Å². The fourth-order valence-electron chi connectivity index (χ4n) is 3.08. The molecule has 1 unspecified atom stereocenters. The number of hydrogen-bond acceptors (Lipinski definition) is 3. The summed E-state index contributed by atoms with van der Waals surface area (Å²) >= 11 is 0. The van der Waals surface area contributed by atoms with Crippen LogP contribution in [-0.2, 0) is 4.74 Å². The van der Waals surface area contributed by atoms with E-state index in [1.165, 1.54) is 13.0 Å². The van der Waals surface area contributed by atoms with Crippen molar-refractivity contribution in [2.75, 3.05) is 32.8 Å². The SMILES string of the molecule is CC(C)(C)N1CCOC2(CCN(C(C)(C)C)C2)C1. The minimum atomic E-state index is 0.0822. The monoisotopic (exact) mass is 254 g/mol. The van der Waals surface area contributed by atoms with E-state index in [2.05, 4.69) is 51.3 Å². The smallest absolute Gasteiger partial charge is 0.0948 e. The molecule has 0 bridgehead atoms. The third kappa shape index (κ3) is 2.89. The molecule has 2 saturated heterocycles. The first-order chi connectivity index (χ1) is 8.12. The largest absolute Gasteiger partial charge is 0.371 e. The topological polar surface area (TPSA) is 15.7 Å². The fourth-order valence-corrected chi connectivity index (χ4v) is 3.08. The molecule has 18 heavy (non-hydrogen) atoms. The van der Waals surface area contributed by atoms with Gasteiger partial charge in [0.1, 0.15) is 0 Å². The van der Waals surface area contributed by atoms with Gasteiger partial charge in [0.2, 0.25) is 0 Å². The summed E-state index contributed by atoms with van der Waals surface area (Å²) in [6.07, 6.45) is 1.18. The van der Waals surface area contributed by atoms with E-state index in [0.29, 0.717) is 0 Å². The predicted molar refractivity (Wildman–Crippen MR) is 76.0 cm³/mol. The van der Waals surface area contributed by atoms with E-state index in [1.807, 2.05) is 0 Å². The van der Waals surface area contributed by atoms with Gasteiger partial charge in [0, 0.05) is 37.3 Å². The number of rotatable bonds is 0. The maximum absolute atomic E-state index is 6.19. The molecule has 2 aliphatic rings. The molecule has 2 aliphatic heterocycles. The Balaban J connectivity index is 2.05. The van der Waals surface area contributed by atoms with Gasteiger partial charge in [0.25, 0.3) is 0 Å². The average molecular weight is 254 g/mol. The van der Waals surface area contributed by atoms with Gasteiger partial charge in [0.05, 0.1) is 12.2 Å². The van der Waals surface area contributed by atoms with E-state index in [9.17, 15) is 0 Å². The Labute approximate surface area is 112 Å². The van der Waals surface area contributed by atoms with E-state index in [0.717, 1.165) is 26.2 Å². The molecule has 0 aromatic heterocycles. The molecule has 0 saturated carbocycles. The van der Waals surface area contributed by atoms with Crippen molar-refractivity contribution in [3.8, 4) is 0 Å². The molecule has 0 amide bonds. The first kappa shape index (κ1) is 14.3. The second kappa shape index (κ2) is 4.46.